The molecule has 8 heteroatoms. The number of carbonyl (C=O) groups is 1. The summed E-state index contributed by atoms with van der Waals surface area (Å²) in [7, 11) is 0. The molecule has 7 nitrogen and oxygen atoms in total. The lowest BCUT2D eigenvalue weighted by Gasteiger charge is -2.43. The van der Waals surface area contributed by atoms with Crippen LogP contribution in [0.2, 0.25) is 0 Å². The third-order valence-corrected chi connectivity index (χ3v) is 4.83. The molecule has 0 aromatic carbocycles. The third-order valence-electron chi connectivity index (χ3n) is 4.83. The van der Waals surface area contributed by atoms with Crippen molar-refractivity contribution in [2.24, 2.45) is 5.92 Å². The second-order valence-corrected chi connectivity index (χ2v) is 6.51. The molecule has 4 rings (SSSR count). The van der Waals surface area contributed by atoms with Crippen LogP contribution in [0.5, 0.6) is 0 Å². The normalized spacial score (nSPS) is 29.4. The molecule has 3 aliphatic rings. The number of carbonyl (C=O) groups excluding carboxylic acids is 1. The Bertz CT molecular complexity index is 570. The predicted octanol–water partition coefficient (Wildman–Crippen LogP) is -0.0906. The highest BCUT2D eigenvalue weighted by Gasteiger charge is 2.39. The smallest absolute Gasteiger partial charge is 0.225 e. The highest BCUT2D eigenvalue weighted by Crippen LogP contribution is 2.35. The summed E-state index contributed by atoms with van der Waals surface area (Å²) in [6.45, 7) is 3.12. The lowest BCUT2D eigenvalue weighted by molar-refractivity contribution is -0.127. The van der Waals surface area contributed by atoms with Gasteiger partial charge < -0.3 is 10.2 Å². The number of piperazine rings is 1. The summed E-state index contributed by atoms with van der Waals surface area (Å²) in [5.74, 6) is 0.933. The van der Waals surface area contributed by atoms with E-state index in [9.17, 15) is 9.18 Å². The van der Waals surface area contributed by atoms with E-state index in [0.29, 0.717) is 24.3 Å². The number of nitrogens with zero attached hydrogens (tertiary/aromatic N) is 4. The van der Waals surface area contributed by atoms with Crippen LogP contribution in [0.15, 0.2) is 12.4 Å². The van der Waals surface area contributed by atoms with E-state index in [1.165, 1.54) is 25.2 Å². The molecule has 1 saturated carbocycles. The van der Waals surface area contributed by atoms with E-state index in [1.54, 1.807) is 0 Å². The molecule has 2 saturated heterocycles. The molecule has 124 valence electrons. The average Bonchev–Trinajstić information content (AvgIpc) is 3.40. The number of amides is 1. The lowest BCUT2D eigenvalue weighted by Crippen LogP contribution is -2.67. The molecule has 23 heavy (non-hydrogen) atoms. The van der Waals surface area contributed by atoms with Gasteiger partial charge in [-0.15, -0.1) is 0 Å². The molecule has 2 N–H and O–H groups in total. The topological polar surface area (TPSA) is 73.4 Å². The fourth-order valence-corrected chi connectivity index (χ4v) is 3.36. The van der Waals surface area contributed by atoms with Gasteiger partial charge in [0.1, 0.15) is 6.29 Å². The number of anilines is 1. The monoisotopic (exact) mass is 320 g/mol. The van der Waals surface area contributed by atoms with Crippen molar-refractivity contribution >= 4 is 11.9 Å². The van der Waals surface area contributed by atoms with Crippen molar-refractivity contribution < 1.29 is 9.18 Å². The second-order valence-electron chi connectivity index (χ2n) is 6.51. The summed E-state index contributed by atoms with van der Waals surface area (Å²) >= 11 is 0. The van der Waals surface area contributed by atoms with E-state index in [0.717, 1.165) is 26.2 Å². The lowest BCUT2D eigenvalue weighted by atomic mass is 10.1. The zero-order valence-corrected chi connectivity index (χ0v) is 12.9. The van der Waals surface area contributed by atoms with Crippen LogP contribution in [0.4, 0.5) is 10.3 Å². The molecular weight excluding hydrogens is 299 g/mol. The third kappa shape index (κ3) is 3.28. The highest BCUT2D eigenvalue weighted by molar-refractivity contribution is 5.77. The Balaban J connectivity index is 1.35. The van der Waals surface area contributed by atoms with Gasteiger partial charge in [0, 0.05) is 38.6 Å². The van der Waals surface area contributed by atoms with E-state index in [1.807, 2.05) is 4.90 Å². The van der Waals surface area contributed by atoms with E-state index in [2.05, 4.69) is 25.5 Å². The van der Waals surface area contributed by atoms with Crippen molar-refractivity contribution in [2.45, 2.75) is 31.6 Å². The van der Waals surface area contributed by atoms with Crippen LogP contribution in [-0.2, 0) is 4.79 Å². The van der Waals surface area contributed by atoms with Crippen molar-refractivity contribution in [3.8, 4) is 0 Å². The van der Waals surface area contributed by atoms with E-state index in [4.69, 9.17) is 0 Å². The Hall–Kier alpha value is -1.80. The average molecular weight is 320 g/mol. The van der Waals surface area contributed by atoms with Gasteiger partial charge in [0.25, 0.3) is 0 Å². The number of hydrogen-bond donors (Lipinski definition) is 2. The Morgan fingerprint density at radius 2 is 1.83 bits per heavy atom. The molecule has 2 aliphatic heterocycles. The largest absolute Gasteiger partial charge is 0.338 e. The first-order chi connectivity index (χ1) is 11.2. The van der Waals surface area contributed by atoms with Crippen LogP contribution in [0.1, 0.15) is 19.3 Å². The molecular formula is C15H21FN6O. The number of rotatable bonds is 3. The molecule has 3 heterocycles. The Labute approximate surface area is 134 Å². The minimum absolute atomic E-state index is 0.0851. The maximum absolute atomic E-state index is 12.9. The molecule has 2 atom stereocenters. The molecule has 0 radical (unpaired) electrons. The summed E-state index contributed by atoms with van der Waals surface area (Å²) in [6.07, 6.45) is 5.35. The van der Waals surface area contributed by atoms with Crippen LogP contribution < -0.4 is 15.5 Å². The molecule has 0 spiro atoms. The molecule has 1 aromatic heterocycles. The number of hydrogen-bond acceptors (Lipinski definition) is 6. The zero-order chi connectivity index (χ0) is 15.8. The zero-order valence-electron chi connectivity index (χ0n) is 12.9. The fraction of sp³-hybridized carbons (Fsp3) is 0.667. The van der Waals surface area contributed by atoms with Gasteiger partial charge in [-0.05, 0) is 18.8 Å². The summed E-state index contributed by atoms with van der Waals surface area (Å²) < 4.78 is 12.9. The minimum Gasteiger partial charge on any atom is -0.338 e. The van der Waals surface area contributed by atoms with Gasteiger partial charge >= 0.3 is 0 Å². The SMILES string of the molecule is O=C1CC(C2CC2)NC(N2CCN(c3ncc(F)cn3)CC2)N1. The summed E-state index contributed by atoms with van der Waals surface area (Å²) in [5, 5.41) is 6.61. The molecule has 1 amide bonds. The standard InChI is InChI=1S/C15H21FN6O/c16-11-8-17-14(18-9-11)21-3-5-22(6-4-21)15-19-12(10-1-2-10)7-13(23)20-15/h8-10,12,15,19H,1-7H2,(H,20,23). The number of aromatic nitrogens is 2. The van der Waals surface area contributed by atoms with Crippen molar-refractivity contribution in [2.75, 3.05) is 31.1 Å². The van der Waals surface area contributed by atoms with Gasteiger partial charge in [-0.3, -0.25) is 15.0 Å². The van der Waals surface area contributed by atoms with Crippen molar-refractivity contribution in [1.29, 1.82) is 0 Å². The summed E-state index contributed by atoms with van der Waals surface area (Å²) in [4.78, 5) is 24.3. The summed E-state index contributed by atoms with van der Waals surface area (Å²) in [5.41, 5.74) is 0. The van der Waals surface area contributed by atoms with Crippen LogP contribution >= 0.6 is 0 Å². The van der Waals surface area contributed by atoms with Gasteiger partial charge in [-0.1, -0.05) is 0 Å². The Morgan fingerprint density at radius 3 is 2.48 bits per heavy atom. The first-order valence-corrected chi connectivity index (χ1v) is 8.21. The Kier molecular flexibility index (Phi) is 3.86. The molecule has 1 aromatic rings. The quantitative estimate of drug-likeness (QED) is 0.811. The Morgan fingerprint density at radius 1 is 1.13 bits per heavy atom. The van der Waals surface area contributed by atoms with Gasteiger partial charge in [0.05, 0.1) is 12.4 Å². The van der Waals surface area contributed by atoms with Gasteiger partial charge in [-0.25, -0.2) is 14.4 Å². The van der Waals surface area contributed by atoms with E-state index < -0.39 is 5.82 Å². The maximum Gasteiger partial charge on any atom is 0.225 e. The summed E-state index contributed by atoms with van der Waals surface area (Å²) in [6, 6.07) is 0.312. The van der Waals surface area contributed by atoms with Crippen molar-refractivity contribution in [3.05, 3.63) is 18.2 Å². The highest BCUT2D eigenvalue weighted by atomic mass is 19.1. The molecule has 3 fully saturated rings. The number of halogens is 1. The van der Waals surface area contributed by atoms with Crippen LogP contribution in [0, 0.1) is 11.7 Å². The first-order valence-electron chi connectivity index (χ1n) is 8.21. The van der Waals surface area contributed by atoms with Gasteiger partial charge in [-0.2, -0.15) is 0 Å². The van der Waals surface area contributed by atoms with Crippen molar-refractivity contribution in [1.82, 2.24) is 25.5 Å². The number of nitrogens with one attached hydrogen (secondary N) is 2. The minimum atomic E-state index is -0.423. The molecule has 2 unspecified atom stereocenters. The molecule has 1 aliphatic carbocycles. The fourth-order valence-electron chi connectivity index (χ4n) is 3.36. The van der Waals surface area contributed by atoms with E-state index in [-0.39, 0.29) is 12.2 Å². The van der Waals surface area contributed by atoms with E-state index >= 15 is 0 Å². The molecule has 0 bridgehead atoms. The van der Waals surface area contributed by atoms with Crippen LogP contribution in [0.25, 0.3) is 0 Å². The van der Waals surface area contributed by atoms with Gasteiger partial charge in [0.15, 0.2) is 5.82 Å². The van der Waals surface area contributed by atoms with Crippen molar-refractivity contribution in [3.63, 3.8) is 0 Å². The second kappa shape index (κ2) is 6.01. The first kappa shape index (κ1) is 14.8. The predicted molar refractivity (Wildman–Crippen MR) is 82.0 cm³/mol. The van der Waals surface area contributed by atoms with Crippen LogP contribution in [0.3, 0.4) is 0 Å². The maximum atomic E-state index is 12.9. The van der Waals surface area contributed by atoms with Gasteiger partial charge in [0.2, 0.25) is 11.9 Å². The van der Waals surface area contributed by atoms with Crippen LogP contribution in [-0.4, -0.2) is 59.3 Å².